The summed E-state index contributed by atoms with van der Waals surface area (Å²) >= 11 is 0. The molecule has 1 aromatic carbocycles. The molecule has 0 saturated heterocycles. The number of rotatable bonds is 4. The fraction of sp³-hybridized carbons (Fsp3) is 0.250. The molecule has 0 aliphatic carbocycles. The second kappa shape index (κ2) is 6.28. The first kappa shape index (κ1) is 16.8. The van der Waals surface area contributed by atoms with Gasteiger partial charge in [0.25, 0.3) is 5.91 Å². The topological polar surface area (TPSA) is 62.2 Å². The third kappa shape index (κ3) is 3.44. The summed E-state index contributed by atoms with van der Waals surface area (Å²) < 4.78 is 40.0. The van der Waals surface area contributed by atoms with Crippen LogP contribution in [-0.2, 0) is 5.41 Å². The van der Waals surface area contributed by atoms with Gasteiger partial charge in [0.15, 0.2) is 17.4 Å². The minimum atomic E-state index is -1.73. The highest BCUT2D eigenvalue weighted by molar-refractivity contribution is 5.95. The van der Waals surface area contributed by atoms with Gasteiger partial charge in [0.2, 0.25) is 5.82 Å². The molecule has 0 aliphatic rings. The lowest BCUT2D eigenvalue weighted by Gasteiger charge is -2.25. The molecule has 0 bridgehead atoms. The molecule has 0 atom stereocenters. The highest BCUT2D eigenvalue weighted by Gasteiger charge is 2.25. The lowest BCUT2D eigenvalue weighted by Crippen LogP contribution is -2.37. The van der Waals surface area contributed by atoms with Crippen molar-refractivity contribution < 1.29 is 23.1 Å². The van der Waals surface area contributed by atoms with E-state index in [1.165, 1.54) is 0 Å². The number of carbonyl (C=O) groups excluding carboxylic acids is 1. The number of hydrogen-bond donors (Lipinski definition) is 2. The van der Waals surface area contributed by atoms with Crippen LogP contribution >= 0.6 is 0 Å². The van der Waals surface area contributed by atoms with E-state index >= 15 is 0 Å². The standard InChI is InChI=1S/C16H15F3N2O2/c1-16(2,9-3-5-20-6-4-9)8-21-15(23)10-7-11(17)13(19)14(22)12(10)18/h3-7,22H,8H2,1-2H3,(H,21,23). The highest BCUT2D eigenvalue weighted by Crippen LogP contribution is 2.26. The highest BCUT2D eigenvalue weighted by atomic mass is 19.2. The summed E-state index contributed by atoms with van der Waals surface area (Å²) in [6.45, 7) is 3.82. The maximum Gasteiger partial charge on any atom is 0.254 e. The van der Waals surface area contributed by atoms with Crippen molar-refractivity contribution in [3.63, 3.8) is 0 Å². The lowest BCUT2D eigenvalue weighted by molar-refractivity contribution is 0.0940. The molecule has 122 valence electrons. The first-order valence-electron chi connectivity index (χ1n) is 6.79. The van der Waals surface area contributed by atoms with Crippen molar-refractivity contribution in [1.29, 1.82) is 0 Å². The molecule has 7 heteroatoms. The number of halogens is 3. The zero-order valence-corrected chi connectivity index (χ0v) is 12.5. The van der Waals surface area contributed by atoms with Gasteiger partial charge in [0, 0.05) is 24.4 Å². The second-order valence-corrected chi connectivity index (χ2v) is 5.68. The molecule has 1 amide bonds. The average molecular weight is 324 g/mol. The Morgan fingerprint density at radius 2 is 1.83 bits per heavy atom. The molecule has 0 unspecified atom stereocenters. The maximum absolute atomic E-state index is 13.7. The number of nitrogens with one attached hydrogen (secondary N) is 1. The van der Waals surface area contributed by atoms with Crippen LogP contribution < -0.4 is 5.32 Å². The van der Waals surface area contributed by atoms with Gasteiger partial charge in [0.1, 0.15) is 0 Å². The molecule has 0 fully saturated rings. The zero-order chi connectivity index (χ0) is 17.2. The van der Waals surface area contributed by atoms with E-state index in [4.69, 9.17) is 5.11 Å². The molecule has 0 saturated carbocycles. The van der Waals surface area contributed by atoms with E-state index in [9.17, 15) is 18.0 Å². The van der Waals surface area contributed by atoms with E-state index in [1.807, 2.05) is 13.8 Å². The normalized spacial score (nSPS) is 11.3. The number of carbonyl (C=O) groups is 1. The first-order chi connectivity index (χ1) is 10.7. The fourth-order valence-electron chi connectivity index (χ4n) is 2.06. The van der Waals surface area contributed by atoms with Crippen molar-refractivity contribution in [1.82, 2.24) is 10.3 Å². The number of aromatic hydroxyl groups is 1. The van der Waals surface area contributed by atoms with Crippen molar-refractivity contribution in [2.24, 2.45) is 0 Å². The summed E-state index contributed by atoms with van der Waals surface area (Å²) in [5.41, 5.74) is -0.358. The van der Waals surface area contributed by atoms with Crippen LogP contribution in [0.25, 0.3) is 0 Å². The molecule has 0 radical (unpaired) electrons. The molecule has 1 aromatic heterocycles. The smallest absolute Gasteiger partial charge is 0.254 e. The quantitative estimate of drug-likeness (QED) is 0.850. The van der Waals surface area contributed by atoms with E-state index in [1.54, 1.807) is 24.5 Å². The summed E-state index contributed by atoms with van der Waals surface area (Å²) in [4.78, 5) is 15.9. The van der Waals surface area contributed by atoms with Gasteiger partial charge in [-0.15, -0.1) is 0 Å². The van der Waals surface area contributed by atoms with E-state index in [2.05, 4.69) is 10.3 Å². The number of phenolic OH excluding ortho intramolecular Hbond substituents is 1. The minimum Gasteiger partial charge on any atom is -0.503 e. The van der Waals surface area contributed by atoms with Gasteiger partial charge in [-0.1, -0.05) is 13.8 Å². The van der Waals surface area contributed by atoms with Crippen LogP contribution in [0, 0.1) is 17.5 Å². The number of benzene rings is 1. The van der Waals surface area contributed by atoms with Crippen LogP contribution in [-0.4, -0.2) is 22.5 Å². The summed E-state index contributed by atoms with van der Waals surface area (Å²) in [7, 11) is 0. The Kier molecular flexibility index (Phi) is 4.58. The first-order valence-corrected chi connectivity index (χ1v) is 6.79. The molecule has 2 rings (SSSR count). The Morgan fingerprint density at radius 1 is 1.22 bits per heavy atom. The Balaban J connectivity index is 2.18. The van der Waals surface area contributed by atoms with Gasteiger partial charge >= 0.3 is 0 Å². The maximum atomic E-state index is 13.7. The van der Waals surface area contributed by atoms with Crippen LogP contribution in [0.4, 0.5) is 13.2 Å². The monoisotopic (exact) mass is 324 g/mol. The van der Waals surface area contributed by atoms with Crippen molar-refractivity contribution in [3.8, 4) is 5.75 Å². The number of hydrogen-bond acceptors (Lipinski definition) is 3. The molecule has 2 aromatic rings. The molecule has 23 heavy (non-hydrogen) atoms. The summed E-state index contributed by atoms with van der Waals surface area (Å²) in [5.74, 6) is -7.18. The van der Waals surface area contributed by atoms with Gasteiger partial charge in [-0.3, -0.25) is 9.78 Å². The van der Waals surface area contributed by atoms with Crippen LogP contribution in [0.5, 0.6) is 5.75 Å². The van der Waals surface area contributed by atoms with E-state index < -0.39 is 40.1 Å². The third-order valence-electron chi connectivity index (χ3n) is 3.53. The molecule has 2 N–H and O–H groups in total. The summed E-state index contributed by atoms with van der Waals surface area (Å²) in [6, 6.07) is 3.96. The van der Waals surface area contributed by atoms with E-state index in [0.717, 1.165) is 5.56 Å². The molecule has 0 aliphatic heterocycles. The SMILES string of the molecule is CC(C)(CNC(=O)c1cc(F)c(F)c(O)c1F)c1ccncc1. The number of aromatic nitrogens is 1. The van der Waals surface area contributed by atoms with Crippen molar-refractivity contribution in [2.45, 2.75) is 19.3 Å². The average Bonchev–Trinajstić information content (AvgIpc) is 2.55. The van der Waals surface area contributed by atoms with Gasteiger partial charge in [-0.05, 0) is 23.8 Å². The van der Waals surface area contributed by atoms with Gasteiger partial charge in [0.05, 0.1) is 5.56 Å². The Labute approximate surface area is 131 Å². The van der Waals surface area contributed by atoms with Crippen LogP contribution in [0.1, 0.15) is 29.8 Å². The summed E-state index contributed by atoms with van der Waals surface area (Å²) in [5, 5.41) is 11.6. The van der Waals surface area contributed by atoms with Crippen LogP contribution in [0.15, 0.2) is 30.6 Å². The Hall–Kier alpha value is -2.57. The van der Waals surface area contributed by atoms with Gasteiger partial charge in [-0.2, -0.15) is 4.39 Å². The zero-order valence-electron chi connectivity index (χ0n) is 12.5. The molecule has 4 nitrogen and oxygen atoms in total. The Morgan fingerprint density at radius 3 is 2.43 bits per heavy atom. The molecule has 1 heterocycles. The van der Waals surface area contributed by atoms with Crippen LogP contribution in [0.3, 0.4) is 0 Å². The van der Waals surface area contributed by atoms with Gasteiger partial charge < -0.3 is 10.4 Å². The van der Waals surface area contributed by atoms with E-state index in [0.29, 0.717) is 6.07 Å². The fourth-order valence-corrected chi connectivity index (χ4v) is 2.06. The van der Waals surface area contributed by atoms with Crippen molar-refractivity contribution in [2.75, 3.05) is 6.54 Å². The van der Waals surface area contributed by atoms with Gasteiger partial charge in [-0.25, -0.2) is 8.78 Å². The Bertz CT molecular complexity index is 734. The molecular formula is C16H15F3N2O2. The number of phenols is 1. The molecule has 0 spiro atoms. The minimum absolute atomic E-state index is 0.120. The van der Waals surface area contributed by atoms with E-state index in [-0.39, 0.29) is 6.54 Å². The van der Waals surface area contributed by atoms with Crippen molar-refractivity contribution >= 4 is 5.91 Å². The number of pyridine rings is 1. The third-order valence-corrected chi connectivity index (χ3v) is 3.53. The summed E-state index contributed by atoms with van der Waals surface area (Å²) in [6.07, 6.45) is 3.21. The van der Waals surface area contributed by atoms with Crippen molar-refractivity contribution in [3.05, 3.63) is 59.2 Å². The largest absolute Gasteiger partial charge is 0.503 e. The molecular weight excluding hydrogens is 309 g/mol. The predicted molar refractivity (Wildman–Crippen MR) is 77.6 cm³/mol. The van der Waals surface area contributed by atoms with Crippen LogP contribution in [0.2, 0.25) is 0 Å². The second-order valence-electron chi connectivity index (χ2n) is 5.68. The lowest BCUT2D eigenvalue weighted by atomic mass is 9.85. The number of amides is 1. The number of nitrogens with zero attached hydrogens (tertiary/aromatic N) is 1. The predicted octanol–water partition coefficient (Wildman–Crippen LogP) is 2.91.